The zero-order chi connectivity index (χ0) is 18.4. The highest BCUT2D eigenvalue weighted by molar-refractivity contribution is 7.10. The van der Waals surface area contributed by atoms with Crippen molar-refractivity contribution in [3.63, 3.8) is 0 Å². The van der Waals surface area contributed by atoms with Crippen LogP contribution in [0.3, 0.4) is 0 Å². The molecule has 1 unspecified atom stereocenters. The first-order valence-corrected chi connectivity index (χ1v) is 9.79. The average Bonchev–Trinajstić information content (AvgIpc) is 3.38. The molecule has 134 valence electrons. The summed E-state index contributed by atoms with van der Waals surface area (Å²) in [7, 11) is 3.18. The number of thiophene rings is 2. The summed E-state index contributed by atoms with van der Waals surface area (Å²) >= 11 is 3.25. The molecule has 3 rings (SSSR count). The van der Waals surface area contributed by atoms with Crippen molar-refractivity contribution >= 4 is 34.7 Å². The molecule has 4 nitrogen and oxygen atoms in total. The molecule has 0 bridgehead atoms. The Morgan fingerprint density at radius 3 is 2.62 bits per heavy atom. The minimum Gasteiger partial charge on any atom is -0.493 e. The maximum absolute atomic E-state index is 12.4. The van der Waals surface area contributed by atoms with E-state index < -0.39 is 0 Å². The fourth-order valence-electron chi connectivity index (χ4n) is 2.53. The molecule has 6 heteroatoms. The number of carbonyl (C=O) groups is 1. The highest BCUT2D eigenvalue weighted by atomic mass is 32.1. The number of nitrogens with one attached hydrogen (secondary N) is 1. The van der Waals surface area contributed by atoms with E-state index in [0.29, 0.717) is 11.5 Å². The van der Waals surface area contributed by atoms with E-state index in [1.54, 1.807) is 43.0 Å². The van der Waals surface area contributed by atoms with Gasteiger partial charge in [-0.25, -0.2) is 0 Å². The Morgan fingerprint density at radius 2 is 1.96 bits per heavy atom. The zero-order valence-corrected chi connectivity index (χ0v) is 16.1. The molecule has 2 aromatic heterocycles. The smallest absolute Gasteiger partial charge is 0.244 e. The third-order valence-electron chi connectivity index (χ3n) is 3.83. The predicted molar refractivity (Wildman–Crippen MR) is 107 cm³/mol. The van der Waals surface area contributed by atoms with Crippen molar-refractivity contribution in [2.75, 3.05) is 14.2 Å². The van der Waals surface area contributed by atoms with Gasteiger partial charge in [0.1, 0.15) is 0 Å². The Hall–Kier alpha value is -2.57. The zero-order valence-electron chi connectivity index (χ0n) is 14.5. The van der Waals surface area contributed by atoms with Crippen molar-refractivity contribution in [1.82, 2.24) is 5.32 Å². The van der Waals surface area contributed by atoms with Crippen molar-refractivity contribution in [3.8, 4) is 11.5 Å². The maximum Gasteiger partial charge on any atom is 0.244 e. The lowest BCUT2D eigenvalue weighted by Crippen LogP contribution is -2.26. The van der Waals surface area contributed by atoms with E-state index in [9.17, 15) is 4.79 Å². The van der Waals surface area contributed by atoms with Gasteiger partial charge in [-0.05, 0) is 57.6 Å². The van der Waals surface area contributed by atoms with Crippen LogP contribution in [0.1, 0.15) is 22.0 Å². The average molecular weight is 386 g/mol. The molecule has 1 atom stereocenters. The van der Waals surface area contributed by atoms with Gasteiger partial charge in [0.15, 0.2) is 11.5 Å². The summed E-state index contributed by atoms with van der Waals surface area (Å²) in [6.07, 6.45) is 3.30. The summed E-state index contributed by atoms with van der Waals surface area (Å²) in [6.45, 7) is 0. The van der Waals surface area contributed by atoms with Crippen molar-refractivity contribution < 1.29 is 14.3 Å². The van der Waals surface area contributed by atoms with Crippen LogP contribution in [0.15, 0.2) is 58.6 Å². The summed E-state index contributed by atoms with van der Waals surface area (Å²) in [4.78, 5) is 13.6. The summed E-state index contributed by atoms with van der Waals surface area (Å²) in [6, 6.07) is 11.4. The molecule has 0 saturated carbocycles. The second kappa shape index (κ2) is 8.69. The first kappa shape index (κ1) is 18.2. The second-order valence-corrected chi connectivity index (χ2v) is 7.22. The molecule has 1 aromatic carbocycles. The lowest BCUT2D eigenvalue weighted by Gasteiger charge is -2.15. The van der Waals surface area contributed by atoms with E-state index in [1.807, 2.05) is 47.2 Å². The molecule has 3 aromatic rings. The number of benzene rings is 1. The standard InChI is InChI=1S/C20H19NO3S2/c1-23-16-7-5-14(12-17(16)24-2)6-8-19(22)21-20(15-9-11-25-13-15)18-4-3-10-26-18/h3-13,20H,1-2H3,(H,21,22). The highest BCUT2D eigenvalue weighted by Crippen LogP contribution is 2.29. The van der Waals surface area contributed by atoms with Gasteiger partial charge in [-0.2, -0.15) is 11.3 Å². The summed E-state index contributed by atoms with van der Waals surface area (Å²) in [5.41, 5.74) is 1.95. The fourth-order valence-corrected chi connectivity index (χ4v) is 4.02. The van der Waals surface area contributed by atoms with E-state index >= 15 is 0 Å². The molecule has 0 saturated heterocycles. The Labute approximate surface area is 160 Å². The van der Waals surface area contributed by atoms with Gasteiger partial charge in [-0.15, -0.1) is 11.3 Å². The van der Waals surface area contributed by atoms with E-state index in [1.165, 1.54) is 6.08 Å². The van der Waals surface area contributed by atoms with E-state index in [-0.39, 0.29) is 11.9 Å². The normalized spacial score (nSPS) is 12.1. The van der Waals surface area contributed by atoms with Gasteiger partial charge in [0, 0.05) is 11.0 Å². The van der Waals surface area contributed by atoms with Gasteiger partial charge in [0.2, 0.25) is 5.91 Å². The van der Waals surface area contributed by atoms with E-state index in [4.69, 9.17) is 9.47 Å². The van der Waals surface area contributed by atoms with Crippen molar-refractivity contribution in [1.29, 1.82) is 0 Å². The van der Waals surface area contributed by atoms with E-state index in [0.717, 1.165) is 16.0 Å². The van der Waals surface area contributed by atoms with Crippen LogP contribution in [0.5, 0.6) is 11.5 Å². The number of hydrogen-bond acceptors (Lipinski definition) is 5. The first-order chi connectivity index (χ1) is 12.7. The summed E-state index contributed by atoms with van der Waals surface area (Å²) < 4.78 is 10.5. The van der Waals surface area contributed by atoms with Crippen LogP contribution in [-0.2, 0) is 4.79 Å². The number of hydrogen-bond donors (Lipinski definition) is 1. The molecule has 0 fully saturated rings. The first-order valence-electron chi connectivity index (χ1n) is 7.97. The molecule has 0 aliphatic carbocycles. The molecule has 0 spiro atoms. The van der Waals surface area contributed by atoms with Crippen LogP contribution in [-0.4, -0.2) is 20.1 Å². The predicted octanol–water partition coefficient (Wildman–Crippen LogP) is 4.75. The Kier molecular flexibility index (Phi) is 6.09. The van der Waals surface area contributed by atoms with Gasteiger partial charge >= 0.3 is 0 Å². The Bertz CT molecular complexity index is 836. The SMILES string of the molecule is COc1ccc(C=CC(=O)NC(c2ccsc2)c2cccs2)cc1OC. The molecule has 0 aliphatic rings. The molecule has 26 heavy (non-hydrogen) atoms. The lowest BCUT2D eigenvalue weighted by atomic mass is 10.1. The van der Waals surface area contributed by atoms with Gasteiger partial charge in [0.05, 0.1) is 20.3 Å². The largest absolute Gasteiger partial charge is 0.493 e. The summed E-state index contributed by atoms with van der Waals surface area (Å²) in [5, 5.41) is 9.17. The van der Waals surface area contributed by atoms with Crippen LogP contribution < -0.4 is 14.8 Å². The van der Waals surface area contributed by atoms with Gasteiger partial charge < -0.3 is 14.8 Å². The number of ether oxygens (including phenoxy) is 2. The number of methoxy groups -OCH3 is 2. The number of rotatable bonds is 7. The van der Waals surface area contributed by atoms with Gasteiger partial charge in [-0.1, -0.05) is 12.1 Å². The van der Waals surface area contributed by atoms with Crippen LogP contribution in [0, 0.1) is 0 Å². The van der Waals surface area contributed by atoms with Crippen molar-refractivity contribution in [2.24, 2.45) is 0 Å². The van der Waals surface area contributed by atoms with Crippen LogP contribution in [0.2, 0.25) is 0 Å². The quantitative estimate of drug-likeness (QED) is 0.597. The Morgan fingerprint density at radius 1 is 1.12 bits per heavy atom. The second-order valence-electron chi connectivity index (χ2n) is 5.46. The minimum atomic E-state index is -0.149. The molecular formula is C20H19NO3S2. The number of carbonyl (C=O) groups excluding carboxylic acids is 1. The minimum absolute atomic E-state index is 0.135. The molecule has 0 radical (unpaired) electrons. The lowest BCUT2D eigenvalue weighted by molar-refractivity contribution is -0.116. The summed E-state index contributed by atoms with van der Waals surface area (Å²) in [5.74, 6) is 1.14. The van der Waals surface area contributed by atoms with Crippen LogP contribution in [0.25, 0.3) is 6.08 Å². The van der Waals surface area contributed by atoms with Crippen LogP contribution in [0.4, 0.5) is 0 Å². The van der Waals surface area contributed by atoms with Gasteiger partial charge in [0.25, 0.3) is 0 Å². The molecule has 1 amide bonds. The van der Waals surface area contributed by atoms with Crippen LogP contribution >= 0.6 is 22.7 Å². The number of amides is 1. The molecule has 0 aliphatic heterocycles. The van der Waals surface area contributed by atoms with E-state index in [2.05, 4.69) is 10.7 Å². The monoisotopic (exact) mass is 385 g/mol. The highest BCUT2D eigenvalue weighted by Gasteiger charge is 2.17. The van der Waals surface area contributed by atoms with Crippen molar-refractivity contribution in [3.05, 3.63) is 74.6 Å². The molecule has 1 N–H and O–H groups in total. The maximum atomic E-state index is 12.4. The topological polar surface area (TPSA) is 47.6 Å². The third kappa shape index (κ3) is 4.33. The molecule has 2 heterocycles. The Balaban J connectivity index is 1.74. The third-order valence-corrected chi connectivity index (χ3v) is 5.46. The molecular weight excluding hydrogens is 366 g/mol. The fraction of sp³-hybridized carbons (Fsp3) is 0.150. The van der Waals surface area contributed by atoms with Gasteiger partial charge in [-0.3, -0.25) is 4.79 Å². The van der Waals surface area contributed by atoms with Crippen molar-refractivity contribution in [2.45, 2.75) is 6.04 Å².